The van der Waals surface area contributed by atoms with Gasteiger partial charge in [0.1, 0.15) is 10.7 Å². The maximum absolute atomic E-state index is 12.6. The normalized spacial score (nSPS) is 19.9. The second-order valence-corrected chi connectivity index (χ2v) is 9.55. The first-order valence-corrected chi connectivity index (χ1v) is 11.9. The number of carboxylic acids is 1. The quantitative estimate of drug-likeness (QED) is 0.421. The fourth-order valence-electron chi connectivity index (χ4n) is 4.53. The summed E-state index contributed by atoms with van der Waals surface area (Å²) < 4.78 is 0. The Morgan fingerprint density at radius 1 is 1.13 bits per heavy atom. The number of aliphatic hydroxyl groups excluding tert-OH is 1. The number of rotatable bonds is 11. The summed E-state index contributed by atoms with van der Waals surface area (Å²) in [6, 6.07) is 11.6. The molecule has 1 aromatic carbocycles. The van der Waals surface area contributed by atoms with E-state index in [0.29, 0.717) is 23.0 Å². The van der Waals surface area contributed by atoms with Crippen LogP contribution in [0.3, 0.4) is 0 Å². The van der Waals surface area contributed by atoms with E-state index in [-0.39, 0.29) is 5.92 Å². The zero-order valence-corrected chi connectivity index (χ0v) is 18.5. The van der Waals surface area contributed by atoms with Crippen LogP contribution in [0, 0.1) is 5.92 Å². The highest BCUT2D eigenvalue weighted by Gasteiger charge is 2.35. The van der Waals surface area contributed by atoms with E-state index in [0.717, 1.165) is 67.4 Å². The Morgan fingerprint density at radius 2 is 1.90 bits per heavy atom. The second-order valence-electron chi connectivity index (χ2n) is 8.38. The van der Waals surface area contributed by atoms with Gasteiger partial charge in [-0.1, -0.05) is 50.5 Å². The molecule has 5 heteroatoms. The van der Waals surface area contributed by atoms with Crippen molar-refractivity contribution in [3.8, 4) is 0 Å². The molecule has 2 aromatic rings. The van der Waals surface area contributed by atoms with Gasteiger partial charge < -0.3 is 10.2 Å². The van der Waals surface area contributed by atoms with Gasteiger partial charge in [-0.25, -0.2) is 4.79 Å². The Kier molecular flexibility index (Phi) is 8.23. The van der Waals surface area contributed by atoms with Crippen LogP contribution in [0.15, 0.2) is 36.4 Å². The largest absolute Gasteiger partial charge is 0.477 e. The molecule has 30 heavy (non-hydrogen) atoms. The molecular formula is C25H32O4S. The summed E-state index contributed by atoms with van der Waals surface area (Å²) in [4.78, 5) is 25.1. The molecule has 1 aliphatic rings. The predicted octanol–water partition coefficient (Wildman–Crippen LogP) is 6.15. The van der Waals surface area contributed by atoms with Gasteiger partial charge in [0.25, 0.3) is 0 Å². The van der Waals surface area contributed by atoms with Gasteiger partial charge in [-0.3, -0.25) is 4.79 Å². The monoisotopic (exact) mass is 428 g/mol. The summed E-state index contributed by atoms with van der Waals surface area (Å²) in [5.41, 5.74) is 2.00. The van der Waals surface area contributed by atoms with E-state index in [1.54, 1.807) is 6.07 Å². The summed E-state index contributed by atoms with van der Waals surface area (Å²) in [6.07, 6.45) is 8.01. The molecule has 2 N–H and O–H groups in total. The van der Waals surface area contributed by atoms with Crippen molar-refractivity contribution in [1.82, 2.24) is 0 Å². The molecule has 0 aliphatic heterocycles. The predicted molar refractivity (Wildman–Crippen MR) is 120 cm³/mol. The smallest absolute Gasteiger partial charge is 0.345 e. The number of aliphatic hydroxyl groups is 1. The molecule has 1 fully saturated rings. The van der Waals surface area contributed by atoms with Crippen molar-refractivity contribution >= 4 is 23.1 Å². The molecule has 3 atom stereocenters. The van der Waals surface area contributed by atoms with Gasteiger partial charge >= 0.3 is 5.97 Å². The fourth-order valence-corrected chi connectivity index (χ4v) is 5.42. The highest BCUT2D eigenvalue weighted by Crippen LogP contribution is 2.40. The third-order valence-electron chi connectivity index (χ3n) is 6.21. The molecule has 1 aromatic heterocycles. The number of ketones is 1. The average molecular weight is 429 g/mol. The van der Waals surface area contributed by atoms with Gasteiger partial charge in [0, 0.05) is 17.2 Å². The number of carbonyl (C=O) groups is 2. The lowest BCUT2D eigenvalue weighted by Gasteiger charge is -2.20. The van der Waals surface area contributed by atoms with Crippen molar-refractivity contribution in [1.29, 1.82) is 0 Å². The van der Waals surface area contributed by atoms with E-state index in [1.165, 1.54) is 11.3 Å². The Labute approximate surface area is 183 Å². The molecule has 3 rings (SSSR count). The van der Waals surface area contributed by atoms with Gasteiger partial charge in [-0.2, -0.15) is 0 Å². The van der Waals surface area contributed by atoms with E-state index in [1.807, 2.05) is 30.3 Å². The maximum atomic E-state index is 12.6. The fraction of sp³-hybridized carbons (Fsp3) is 0.520. The number of hydrogen-bond donors (Lipinski definition) is 2. The van der Waals surface area contributed by atoms with Crippen molar-refractivity contribution in [2.45, 2.75) is 76.7 Å². The third kappa shape index (κ3) is 5.79. The van der Waals surface area contributed by atoms with Crippen molar-refractivity contribution in [2.75, 3.05) is 0 Å². The van der Waals surface area contributed by atoms with Crippen LogP contribution in [-0.2, 0) is 11.2 Å². The molecule has 1 heterocycles. The number of hydrogen-bond acceptors (Lipinski definition) is 4. The zero-order valence-electron chi connectivity index (χ0n) is 17.7. The number of carbonyl (C=O) groups excluding carboxylic acids is 1. The SMILES string of the molecule is CCCCCC(O)c1ccc([C@@H]2C(=O)CC[C@H]2CCCc2ccc(C(=O)O)s2)cc1. The highest BCUT2D eigenvalue weighted by atomic mass is 32.1. The van der Waals surface area contributed by atoms with Gasteiger partial charge in [-0.15, -0.1) is 11.3 Å². The minimum Gasteiger partial charge on any atom is -0.477 e. The highest BCUT2D eigenvalue weighted by molar-refractivity contribution is 7.13. The van der Waals surface area contributed by atoms with Crippen LogP contribution >= 0.6 is 11.3 Å². The van der Waals surface area contributed by atoms with Crippen molar-refractivity contribution in [3.05, 3.63) is 57.3 Å². The van der Waals surface area contributed by atoms with E-state index < -0.39 is 12.1 Å². The van der Waals surface area contributed by atoms with E-state index >= 15 is 0 Å². The zero-order chi connectivity index (χ0) is 21.5. The number of thiophene rings is 1. The number of aryl methyl sites for hydroxylation is 1. The number of benzene rings is 1. The molecule has 0 amide bonds. The lowest BCUT2D eigenvalue weighted by atomic mass is 9.84. The van der Waals surface area contributed by atoms with Crippen molar-refractivity contribution in [3.63, 3.8) is 0 Å². The van der Waals surface area contributed by atoms with Crippen LogP contribution in [0.25, 0.3) is 0 Å². The molecule has 0 bridgehead atoms. The van der Waals surface area contributed by atoms with Gasteiger partial charge in [-0.05, 0) is 61.3 Å². The first kappa shape index (κ1) is 22.7. The average Bonchev–Trinajstić information content (AvgIpc) is 3.35. The first-order chi connectivity index (χ1) is 14.5. The van der Waals surface area contributed by atoms with E-state index in [9.17, 15) is 14.7 Å². The summed E-state index contributed by atoms with van der Waals surface area (Å²) in [5, 5.41) is 19.4. The number of unbranched alkanes of at least 4 members (excludes halogenated alkanes) is 2. The maximum Gasteiger partial charge on any atom is 0.345 e. The summed E-state index contributed by atoms with van der Waals surface area (Å²) in [6.45, 7) is 2.16. The Balaban J connectivity index is 1.56. The standard InChI is InChI=1S/C25H32O4S/c1-2-3-4-8-21(26)17-9-11-19(12-10-17)24-18(13-15-22(24)27)6-5-7-20-14-16-23(30-20)25(28)29/h9-12,14,16,18,21,24,26H,2-8,13,15H2,1H3,(H,28,29)/t18-,21?,24-/m1/s1. The van der Waals surface area contributed by atoms with Crippen LogP contribution in [-0.4, -0.2) is 22.0 Å². The molecule has 162 valence electrons. The van der Waals surface area contributed by atoms with E-state index in [2.05, 4.69) is 6.92 Å². The van der Waals surface area contributed by atoms with Crippen LogP contribution < -0.4 is 0 Å². The molecule has 1 saturated carbocycles. The molecule has 4 nitrogen and oxygen atoms in total. The molecular weight excluding hydrogens is 396 g/mol. The van der Waals surface area contributed by atoms with E-state index in [4.69, 9.17) is 5.11 Å². The van der Waals surface area contributed by atoms with Gasteiger partial charge in [0.05, 0.1) is 6.10 Å². The Bertz CT molecular complexity index is 839. The topological polar surface area (TPSA) is 74.6 Å². The van der Waals surface area contributed by atoms with Gasteiger partial charge in [0.2, 0.25) is 0 Å². The first-order valence-electron chi connectivity index (χ1n) is 11.1. The Hall–Kier alpha value is -1.98. The third-order valence-corrected chi connectivity index (χ3v) is 7.34. The molecule has 1 aliphatic carbocycles. The van der Waals surface area contributed by atoms with Crippen LogP contribution in [0.4, 0.5) is 0 Å². The molecule has 0 spiro atoms. The molecule has 0 saturated heterocycles. The van der Waals surface area contributed by atoms with Crippen molar-refractivity contribution in [2.24, 2.45) is 5.92 Å². The van der Waals surface area contributed by atoms with Crippen LogP contribution in [0.1, 0.15) is 96.0 Å². The number of Topliss-reactive ketones (excluding diaryl/α,β-unsaturated/α-hetero) is 1. The van der Waals surface area contributed by atoms with Gasteiger partial charge in [0.15, 0.2) is 0 Å². The summed E-state index contributed by atoms with van der Waals surface area (Å²) in [5.74, 6) is -0.252. The summed E-state index contributed by atoms with van der Waals surface area (Å²) >= 11 is 1.34. The number of aromatic carboxylic acids is 1. The summed E-state index contributed by atoms with van der Waals surface area (Å²) in [7, 11) is 0. The van der Waals surface area contributed by atoms with Crippen molar-refractivity contribution < 1.29 is 19.8 Å². The van der Waals surface area contributed by atoms with Crippen LogP contribution in [0.2, 0.25) is 0 Å². The Morgan fingerprint density at radius 3 is 2.57 bits per heavy atom. The van der Waals surface area contributed by atoms with Crippen LogP contribution in [0.5, 0.6) is 0 Å². The molecule has 1 unspecified atom stereocenters. The number of carboxylic acid groups (broad SMARTS) is 1. The minimum absolute atomic E-state index is 0.0470. The lowest BCUT2D eigenvalue weighted by Crippen LogP contribution is -2.13. The molecule has 0 radical (unpaired) electrons. The minimum atomic E-state index is -0.869. The second kappa shape index (κ2) is 10.9. The lowest BCUT2D eigenvalue weighted by molar-refractivity contribution is -0.119.